The van der Waals surface area contributed by atoms with Crippen molar-refractivity contribution in [2.75, 3.05) is 6.61 Å². The number of amides is 1. The average molecular weight is 420 g/mol. The van der Waals surface area contributed by atoms with Crippen LogP contribution in [0.1, 0.15) is 36.8 Å². The third-order valence-electron chi connectivity index (χ3n) is 5.64. The van der Waals surface area contributed by atoms with Gasteiger partial charge in [0.1, 0.15) is 17.6 Å². The highest BCUT2D eigenvalue weighted by Crippen LogP contribution is 2.44. The number of para-hydroxylation sites is 1. The van der Waals surface area contributed by atoms with Crippen molar-refractivity contribution in [1.29, 1.82) is 0 Å². The zero-order valence-corrected chi connectivity index (χ0v) is 16.7. The van der Waals surface area contributed by atoms with Crippen molar-refractivity contribution in [2.45, 2.75) is 25.3 Å². The Labute approximate surface area is 178 Å². The van der Waals surface area contributed by atoms with Crippen molar-refractivity contribution in [2.24, 2.45) is 11.0 Å². The molecule has 3 heterocycles. The summed E-state index contributed by atoms with van der Waals surface area (Å²) in [4.78, 5) is 13.1. The first-order chi connectivity index (χ1) is 15.2. The van der Waals surface area contributed by atoms with Gasteiger partial charge in [-0.1, -0.05) is 12.1 Å². The minimum absolute atomic E-state index is 0.0125. The first-order valence-corrected chi connectivity index (χ1v) is 10.3. The van der Waals surface area contributed by atoms with Crippen molar-refractivity contribution in [3.8, 4) is 5.75 Å². The molecule has 1 aliphatic heterocycles. The van der Waals surface area contributed by atoms with Crippen LogP contribution in [0, 0.1) is 11.7 Å². The summed E-state index contributed by atoms with van der Waals surface area (Å²) in [6, 6.07) is 13.0. The van der Waals surface area contributed by atoms with Crippen LogP contribution >= 0.6 is 0 Å². The van der Waals surface area contributed by atoms with Gasteiger partial charge in [0.25, 0.3) is 5.91 Å². The fourth-order valence-electron chi connectivity index (χ4n) is 4.26. The summed E-state index contributed by atoms with van der Waals surface area (Å²) in [5, 5.41) is 6.13. The number of fused-ring (bicyclic) bond motifs is 1. The molecule has 3 aromatic rings. The Balaban J connectivity index is 1.44. The number of hydrazone groups is 1. The summed E-state index contributed by atoms with van der Waals surface area (Å²) in [5.41, 5.74) is 1.91. The van der Waals surface area contributed by atoms with Crippen LogP contribution in [0.5, 0.6) is 5.75 Å². The van der Waals surface area contributed by atoms with Crippen molar-refractivity contribution in [3.63, 3.8) is 0 Å². The number of nitrogens with zero attached hydrogens (tertiary/aromatic N) is 2. The zero-order chi connectivity index (χ0) is 21.2. The van der Waals surface area contributed by atoms with Gasteiger partial charge in [-0.3, -0.25) is 4.79 Å². The second-order valence-corrected chi connectivity index (χ2v) is 7.59. The number of rotatable bonds is 5. The maximum Gasteiger partial charge on any atom is 0.281 e. The van der Waals surface area contributed by atoms with Crippen molar-refractivity contribution in [3.05, 3.63) is 84.0 Å². The van der Waals surface area contributed by atoms with Gasteiger partial charge in [0, 0.05) is 5.92 Å². The van der Waals surface area contributed by atoms with E-state index in [9.17, 15) is 9.18 Å². The average Bonchev–Trinajstić information content (AvgIpc) is 3.53. The van der Waals surface area contributed by atoms with Crippen LogP contribution in [0.3, 0.4) is 0 Å². The van der Waals surface area contributed by atoms with Crippen LogP contribution in [0.15, 0.2) is 80.6 Å². The molecule has 5 rings (SSSR count). The number of halogens is 1. The summed E-state index contributed by atoms with van der Waals surface area (Å²) in [6.45, 7) is -0.321. The highest BCUT2D eigenvalue weighted by atomic mass is 19.1. The Morgan fingerprint density at radius 1 is 1.16 bits per heavy atom. The molecule has 1 amide bonds. The highest BCUT2D eigenvalue weighted by molar-refractivity contribution is 6.08. The number of furan rings is 2. The molecule has 0 bridgehead atoms. The molecule has 0 saturated heterocycles. The minimum Gasteiger partial charge on any atom is -0.481 e. The lowest BCUT2D eigenvalue weighted by molar-refractivity contribution is -0.136. The largest absolute Gasteiger partial charge is 0.481 e. The van der Waals surface area contributed by atoms with E-state index in [1.807, 2.05) is 24.3 Å². The third-order valence-corrected chi connectivity index (χ3v) is 5.64. The second-order valence-electron chi connectivity index (χ2n) is 7.59. The molecule has 1 aromatic carbocycles. The summed E-state index contributed by atoms with van der Waals surface area (Å²) >= 11 is 0. The molecule has 158 valence electrons. The molecule has 7 heteroatoms. The fourth-order valence-corrected chi connectivity index (χ4v) is 4.26. The van der Waals surface area contributed by atoms with E-state index in [1.54, 1.807) is 30.7 Å². The van der Waals surface area contributed by atoms with Crippen LogP contribution in [-0.2, 0) is 4.79 Å². The van der Waals surface area contributed by atoms with E-state index in [0.717, 1.165) is 36.3 Å². The van der Waals surface area contributed by atoms with Gasteiger partial charge in [0.2, 0.25) is 0 Å². The Bertz CT molecular complexity index is 1120. The number of ether oxygens (including phenoxy) is 1. The molecule has 1 saturated carbocycles. The second kappa shape index (κ2) is 8.26. The normalized spacial score (nSPS) is 21.8. The molecule has 31 heavy (non-hydrogen) atoms. The lowest BCUT2D eigenvalue weighted by Gasteiger charge is -2.27. The predicted octanol–water partition coefficient (Wildman–Crippen LogP) is 5.21. The summed E-state index contributed by atoms with van der Waals surface area (Å²) in [7, 11) is 0. The molecule has 2 atom stereocenters. The molecule has 0 radical (unpaired) electrons. The van der Waals surface area contributed by atoms with E-state index in [0.29, 0.717) is 5.76 Å². The number of carbonyl (C=O) groups excluding carboxylic acids is 1. The number of benzene rings is 1. The molecule has 1 aliphatic carbocycles. The summed E-state index contributed by atoms with van der Waals surface area (Å²) in [6.07, 6.45) is 7.92. The lowest BCUT2D eigenvalue weighted by atomic mass is 9.79. The van der Waals surface area contributed by atoms with E-state index in [1.165, 1.54) is 17.1 Å². The molecule has 1 fully saturated rings. The van der Waals surface area contributed by atoms with Gasteiger partial charge in [-0.2, -0.15) is 5.10 Å². The van der Waals surface area contributed by atoms with Gasteiger partial charge in [0.15, 0.2) is 18.2 Å². The summed E-state index contributed by atoms with van der Waals surface area (Å²) in [5.74, 6) is 0.598. The van der Waals surface area contributed by atoms with E-state index >= 15 is 0 Å². The quantitative estimate of drug-likeness (QED) is 0.568. The topological polar surface area (TPSA) is 68.2 Å². The van der Waals surface area contributed by atoms with Crippen molar-refractivity contribution < 1.29 is 22.8 Å². The SMILES string of the molecule is O=C(COc1ccccc1F)N1N=C2/C(=C/c3ccco3)CCC[C@H]2[C@H]1c1ccco1. The standard InChI is InChI=1S/C24H21FN2O4/c25-19-9-1-2-10-20(19)31-15-22(28)27-24(21-11-5-13-30-21)18-8-3-6-16(23(18)26-27)14-17-7-4-12-29-17/h1-2,4-5,7,9-14,18,24H,3,6,8,15H2/b16-14+/t18-,24+/m1/s1. The van der Waals surface area contributed by atoms with E-state index in [2.05, 4.69) is 0 Å². The molecular formula is C24H21FN2O4. The number of hydrogen-bond donors (Lipinski definition) is 0. The molecule has 0 unspecified atom stereocenters. The first-order valence-electron chi connectivity index (χ1n) is 10.3. The Kier molecular flexibility index (Phi) is 5.16. The molecule has 6 nitrogen and oxygen atoms in total. The number of hydrogen-bond acceptors (Lipinski definition) is 5. The maximum atomic E-state index is 13.9. The zero-order valence-electron chi connectivity index (χ0n) is 16.7. The van der Waals surface area contributed by atoms with Crippen molar-refractivity contribution in [1.82, 2.24) is 5.01 Å². The smallest absolute Gasteiger partial charge is 0.281 e. The monoisotopic (exact) mass is 420 g/mol. The van der Waals surface area contributed by atoms with Crippen LogP contribution < -0.4 is 4.74 Å². The van der Waals surface area contributed by atoms with E-state index < -0.39 is 5.82 Å². The van der Waals surface area contributed by atoms with Gasteiger partial charge < -0.3 is 13.6 Å². The Morgan fingerprint density at radius 3 is 2.77 bits per heavy atom. The minimum atomic E-state index is -0.511. The van der Waals surface area contributed by atoms with Crippen molar-refractivity contribution >= 4 is 17.7 Å². The number of carbonyl (C=O) groups is 1. The van der Waals surface area contributed by atoms with Crippen LogP contribution in [-0.4, -0.2) is 23.2 Å². The first kappa shape index (κ1) is 19.4. The molecule has 0 N–H and O–H groups in total. The number of allylic oxidation sites excluding steroid dienone is 1. The van der Waals surface area contributed by atoms with Crippen LogP contribution in [0.4, 0.5) is 4.39 Å². The predicted molar refractivity (Wildman–Crippen MR) is 112 cm³/mol. The molecule has 2 aliphatic rings. The summed E-state index contributed by atoms with van der Waals surface area (Å²) < 4.78 is 30.5. The lowest BCUT2D eigenvalue weighted by Crippen LogP contribution is -2.34. The van der Waals surface area contributed by atoms with Gasteiger partial charge in [0.05, 0.1) is 18.2 Å². The fraction of sp³-hybridized carbons (Fsp3) is 0.250. The highest BCUT2D eigenvalue weighted by Gasteiger charge is 2.45. The maximum absolute atomic E-state index is 13.9. The van der Waals surface area contributed by atoms with Crippen LogP contribution in [0.25, 0.3) is 6.08 Å². The van der Waals surface area contributed by atoms with Gasteiger partial charge in [-0.25, -0.2) is 9.40 Å². The van der Waals surface area contributed by atoms with E-state index in [4.69, 9.17) is 18.7 Å². The van der Waals surface area contributed by atoms with Gasteiger partial charge >= 0.3 is 0 Å². The van der Waals surface area contributed by atoms with Gasteiger partial charge in [-0.15, -0.1) is 0 Å². The van der Waals surface area contributed by atoms with E-state index in [-0.39, 0.29) is 30.2 Å². The van der Waals surface area contributed by atoms with Crippen LogP contribution in [0.2, 0.25) is 0 Å². The van der Waals surface area contributed by atoms with Gasteiger partial charge in [-0.05, 0) is 67.3 Å². The Morgan fingerprint density at radius 2 is 2.00 bits per heavy atom. The molecular weight excluding hydrogens is 399 g/mol. The molecule has 2 aromatic heterocycles. The molecule has 0 spiro atoms. The third kappa shape index (κ3) is 3.79. The Hall–Kier alpha value is -3.61.